The molecule has 0 saturated carbocycles. The Balaban J connectivity index is 4.31. The first-order valence-electron chi connectivity index (χ1n) is 5.08. The van der Waals surface area contributed by atoms with Crippen LogP contribution in [-0.2, 0) is 18.0 Å². The summed E-state index contributed by atoms with van der Waals surface area (Å²) in [6.45, 7) is 2.69. The van der Waals surface area contributed by atoms with Crippen molar-refractivity contribution in [3.8, 4) is 0 Å². The van der Waals surface area contributed by atoms with E-state index in [9.17, 15) is 0 Å². The molecule has 6 heteroatoms. The fourth-order valence-electron chi connectivity index (χ4n) is 1.40. The summed E-state index contributed by atoms with van der Waals surface area (Å²) in [4.78, 5) is 0. The lowest BCUT2D eigenvalue weighted by Gasteiger charge is -2.31. The summed E-state index contributed by atoms with van der Waals surface area (Å²) in [5.74, 6) is 0.817. The molecule has 0 amide bonds. The summed E-state index contributed by atoms with van der Waals surface area (Å²) >= 11 is 4.13. The maximum atomic E-state index is 5.71. The van der Waals surface area contributed by atoms with E-state index < -0.39 is 8.80 Å². The molecule has 0 heterocycles. The first-order chi connectivity index (χ1) is 7.20. The molecule has 0 aliphatic rings. The third-order valence-corrected chi connectivity index (χ3v) is 5.63. The molecule has 0 aromatic rings. The summed E-state index contributed by atoms with van der Waals surface area (Å²) in [5, 5.41) is 0. The van der Waals surface area contributed by atoms with Gasteiger partial charge in [-0.1, -0.05) is 6.92 Å². The third kappa shape index (κ3) is 4.42. The van der Waals surface area contributed by atoms with E-state index in [-0.39, 0.29) is 5.73 Å². The minimum atomic E-state index is -2.64. The van der Waals surface area contributed by atoms with E-state index in [1.807, 2.05) is 6.92 Å². The standard InChI is InChI=1S/C9H22O4SSi/c1-5-9(13-7-6-8-14)15(10-2,11-3)12-4/h9,14H,5-8H2,1-4H3. The summed E-state index contributed by atoms with van der Waals surface area (Å²) < 4.78 is 21.8. The second-order valence-corrected chi connectivity index (χ2v) is 6.58. The fraction of sp³-hybridized carbons (Fsp3) is 1.00. The van der Waals surface area contributed by atoms with Crippen LogP contribution in [0.25, 0.3) is 0 Å². The molecule has 92 valence electrons. The summed E-state index contributed by atoms with van der Waals surface area (Å²) in [5.41, 5.74) is -0.0996. The Hall–Kier alpha value is 0.407. The molecule has 15 heavy (non-hydrogen) atoms. The van der Waals surface area contributed by atoms with Gasteiger partial charge in [0.25, 0.3) is 0 Å². The van der Waals surface area contributed by atoms with Gasteiger partial charge in [-0.25, -0.2) is 0 Å². The normalized spacial score (nSPS) is 14.2. The van der Waals surface area contributed by atoms with Crippen molar-refractivity contribution in [2.45, 2.75) is 25.5 Å². The first kappa shape index (κ1) is 15.4. The van der Waals surface area contributed by atoms with Crippen LogP contribution in [0.3, 0.4) is 0 Å². The van der Waals surface area contributed by atoms with E-state index in [2.05, 4.69) is 12.6 Å². The molecule has 1 atom stereocenters. The Morgan fingerprint density at radius 3 is 2.00 bits per heavy atom. The van der Waals surface area contributed by atoms with E-state index in [1.54, 1.807) is 21.3 Å². The Morgan fingerprint density at radius 2 is 1.67 bits per heavy atom. The molecule has 0 aliphatic heterocycles. The molecule has 0 rings (SSSR count). The highest BCUT2D eigenvalue weighted by molar-refractivity contribution is 7.80. The molecule has 0 aromatic heterocycles. The van der Waals surface area contributed by atoms with Gasteiger partial charge in [-0.2, -0.15) is 12.6 Å². The zero-order valence-corrected chi connectivity index (χ0v) is 11.9. The predicted octanol–water partition coefficient (Wildman–Crippen LogP) is 1.52. The lowest BCUT2D eigenvalue weighted by atomic mass is 10.5. The lowest BCUT2D eigenvalue weighted by Crippen LogP contribution is -2.55. The molecule has 0 saturated heterocycles. The zero-order chi connectivity index (χ0) is 11.7. The highest BCUT2D eigenvalue weighted by atomic mass is 32.1. The minimum absolute atomic E-state index is 0.0996. The number of hydrogen-bond acceptors (Lipinski definition) is 5. The SMILES string of the molecule is CCC(OCCCS)[Si](OC)(OC)OC. The van der Waals surface area contributed by atoms with Crippen LogP contribution in [0, 0.1) is 0 Å². The Morgan fingerprint density at radius 1 is 1.13 bits per heavy atom. The second kappa shape index (κ2) is 8.55. The highest BCUT2D eigenvalue weighted by Gasteiger charge is 2.47. The number of rotatable bonds is 9. The molecule has 4 nitrogen and oxygen atoms in total. The molecular formula is C9H22O4SSi. The van der Waals surface area contributed by atoms with Crippen LogP contribution in [0.15, 0.2) is 0 Å². The predicted molar refractivity (Wildman–Crippen MR) is 65.3 cm³/mol. The van der Waals surface area contributed by atoms with Gasteiger partial charge in [0.05, 0.1) is 0 Å². The van der Waals surface area contributed by atoms with Crippen molar-refractivity contribution < 1.29 is 18.0 Å². The van der Waals surface area contributed by atoms with Crippen LogP contribution < -0.4 is 0 Å². The number of hydrogen-bond donors (Lipinski definition) is 1. The van der Waals surface area contributed by atoms with Gasteiger partial charge in [0.1, 0.15) is 5.73 Å². The van der Waals surface area contributed by atoms with Gasteiger partial charge in [0.2, 0.25) is 0 Å². The van der Waals surface area contributed by atoms with Crippen LogP contribution in [0.1, 0.15) is 19.8 Å². The van der Waals surface area contributed by atoms with Crippen molar-refractivity contribution in [3.63, 3.8) is 0 Å². The molecule has 0 radical (unpaired) electrons. The van der Waals surface area contributed by atoms with Gasteiger partial charge in [0.15, 0.2) is 0 Å². The van der Waals surface area contributed by atoms with Crippen LogP contribution in [0.2, 0.25) is 0 Å². The number of thiol groups is 1. The van der Waals surface area contributed by atoms with Crippen molar-refractivity contribution in [3.05, 3.63) is 0 Å². The van der Waals surface area contributed by atoms with Crippen LogP contribution in [-0.4, -0.2) is 48.2 Å². The van der Waals surface area contributed by atoms with Crippen molar-refractivity contribution in [1.82, 2.24) is 0 Å². The molecular weight excluding hydrogens is 232 g/mol. The van der Waals surface area contributed by atoms with Gasteiger partial charge in [0, 0.05) is 27.9 Å². The quantitative estimate of drug-likeness (QED) is 0.384. The van der Waals surface area contributed by atoms with Crippen molar-refractivity contribution in [2.24, 2.45) is 0 Å². The van der Waals surface area contributed by atoms with E-state index in [1.165, 1.54) is 0 Å². The summed E-state index contributed by atoms with van der Waals surface area (Å²) in [6.07, 6.45) is 1.73. The van der Waals surface area contributed by atoms with Crippen LogP contribution in [0.4, 0.5) is 0 Å². The number of ether oxygens (including phenoxy) is 1. The average Bonchev–Trinajstić information content (AvgIpc) is 2.29. The average molecular weight is 254 g/mol. The molecule has 0 spiro atoms. The van der Waals surface area contributed by atoms with E-state index in [0.29, 0.717) is 6.61 Å². The van der Waals surface area contributed by atoms with E-state index in [0.717, 1.165) is 18.6 Å². The fourth-order valence-corrected chi connectivity index (χ4v) is 3.64. The highest BCUT2D eigenvalue weighted by Crippen LogP contribution is 2.18. The second-order valence-electron chi connectivity index (χ2n) is 3.06. The van der Waals surface area contributed by atoms with Gasteiger partial charge < -0.3 is 18.0 Å². The van der Waals surface area contributed by atoms with Crippen molar-refractivity contribution in [2.75, 3.05) is 33.7 Å². The monoisotopic (exact) mass is 254 g/mol. The topological polar surface area (TPSA) is 36.9 Å². The first-order valence-corrected chi connectivity index (χ1v) is 7.52. The van der Waals surface area contributed by atoms with Crippen LogP contribution >= 0.6 is 12.6 Å². The van der Waals surface area contributed by atoms with Gasteiger partial charge in [-0.05, 0) is 18.6 Å². The Kier molecular flexibility index (Phi) is 8.78. The molecule has 0 N–H and O–H groups in total. The molecule has 1 unspecified atom stereocenters. The van der Waals surface area contributed by atoms with Gasteiger partial charge in [-0.15, -0.1) is 0 Å². The third-order valence-electron chi connectivity index (χ3n) is 2.24. The molecule has 0 aliphatic carbocycles. The largest absolute Gasteiger partial charge is 0.530 e. The van der Waals surface area contributed by atoms with Gasteiger partial charge >= 0.3 is 8.80 Å². The van der Waals surface area contributed by atoms with Crippen molar-refractivity contribution >= 4 is 21.4 Å². The minimum Gasteiger partial charge on any atom is -0.375 e. The van der Waals surface area contributed by atoms with E-state index in [4.69, 9.17) is 18.0 Å². The summed E-state index contributed by atoms with van der Waals surface area (Å²) in [7, 11) is 2.16. The molecule has 0 bridgehead atoms. The van der Waals surface area contributed by atoms with Crippen LogP contribution in [0.5, 0.6) is 0 Å². The maximum absolute atomic E-state index is 5.71. The van der Waals surface area contributed by atoms with E-state index >= 15 is 0 Å². The zero-order valence-electron chi connectivity index (χ0n) is 9.99. The Labute approximate surface area is 99.0 Å². The molecule has 0 aromatic carbocycles. The lowest BCUT2D eigenvalue weighted by molar-refractivity contribution is 0.0120. The van der Waals surface area contributed by atoms with Gasteiger partial charge in [-0.3, -0.25) is 0 Å². The molecule has 0 fully saturated rings. The Bertz CT molecular complexity index is 147. The maximum Gasteiger partial charge on any atom is 0.530 e. The summed E-state index contributed by atoms with van der Waals surface area (Å²) in [6, 6.07) is 0. The smallest absolute Gasteiger partial charge is 0.375 e. The van der Waals surface area contributed by atoms with Crippen molar-refractivity contribution in [1.29, 1.82) is 0 Å².